The number of sulfonamides is 2. The van der Waals surface area contributed by atoms with E-state index in [0.29, 0.717) is 11.4 Å². The van der Waals surface area contributed by atoms with Gasteiger partial charge in [0.2, 0.25) is 11.8 Å². The maximum Gasteiger partial charge on any atom is 0.285 e. The number of phenolic OH excluding ortho intramolecular Hbond substituents is 2. The van der Waals surface area contributed by atoms with E-state index in [2.05, 4.69) is 30.4 Å². The topological polar surface area (TPSA) is 231 Å². The molecular formula is C46H42CuN10O8S2. The number of fused-ring (bicyclic) bond motifs is 4. The molecule has 2 aromatic heterocycles. The second-order valence-corrected chi connectivity index (χ2v) is 19.7. The first-order valence-corrected chi connectivity index (χ1v) is 23.5. The van der Waals surface area contributed by atoms with Crippen molar-refractivity contribution in [1.82, 2.24) is 28.8 Å². The van der Waals surface area contributed by atoms with Crippen LogP contribution in [0.25, 0.3) is 21.8 Å². The molecule has 4 atom stereocenters. The number of rotatable bonds is 6. The number of aromatic nitrogens is 2. The van der Waals surface area contributed by atoms with Crippen LogP contribution in [0.15, 0.2) is 140 Å². The number of carbonyl (C=O) groups excluding carboxylic acids is 2. The smallest absolute Gasteiger partial charge is 0.285 e. The van der Waals surface area contributed by atoms with Crippen molar-refractivity contribution in [2.45, 2.75) is 63.4 Å². The first kappa shape index (κ1) is 46.5. The SMILES string of the molecule is CC(=O)N1N=C2C(C(C)=NN2S(=O)(=O)c2ccc(O)c3ncccc23)C1c1ccc(C)cc1.CC(=O)N1N=C2C(C(C)=NN2S(=O)(=O)c2ccc(O)c3ncccc23)C1c1ccc(C)cc1.[Cu]. The van der Waals surface area contributed by atoms with Gasteiger partial charge >= 0.3 is 0 Å². The summed E-state index contributed by atoms with van der Waals surface area (Å²) in [5.74, 6) is -1.52. The first-order chi connectivity index (χ1) is 31.4. The van der Waals surface area contributed by atoms with Crippen molar-refractivity contribution in [2.75, 3.05) is 0 Å². The molecule has 10 rings (SSSR count). The van der Waals surface area contributed by atoms with Crippen molar-refractivity contribution in [2.24, 2.45) is 32.2 Å². The molecule has 0 saturated heterocycles. The summed E-state index contributed by atoms with van der Waals surface area (Å²) in [4.78, 5) is 33.0. The zero-order valence-electron chi connectivity index (χ0n) is 36.6. The van der Waals surface area contributed by atoms with Crippen LogP contribution in [-0.2, 0) is 46.7 Å². The van der Waals surface area contributed by atoms with Crippen LogP contribution in [0.3, 0.4) is 0 Å². The number of amidine groups is 2. The van der Waals surface area contributed by atoms with E-state index in [9.17, 15) is 36.6 Å². The maximum atomic E-state index is 13.7. The summed E-state index contributed by atoms with van der Waals surface area (Å²) >= 11 is 0. The van der Waals surface area contributed by atoms with Crippen LogP contribution in [-0.4, -0.2) is 90.8 Å². The Bertz CT molecular complexity index is 3160. The van der Waals surface area contributed by atoms with E-state index in [1.165, 1.54) is 60.5 Å². The van der Waals surface area contributed by atoms with Crippen molar-refractivity contribution in [3.8, 4) is 11.5 Å². The molecule has 2 amide bonds. The maximum absolute atomic E-state index is 13.7. The van der Waals surface area contributed by atoms with Crippen LogP contribution >= 0.6 is 0 Å². The third-order valence-electron chi connectivity index (χ3n) is 11.8. The largest absolute Gasteiger partial charge is 0.506 e. The monoisotopic (exact) mass is 989 g/mol. The molecule has 4 unspecified atom stereocenters. The number of phenols is 2. The number of aromatic hydroxyl groups is 2. The minimum absolute atomic E-state index is 0. The Labute approximate surface area is 396 Å². The van der Waals surface area contributed by atoms with E-state index in [4.69, 9.17) is 0 Å². The summed E-state index contributed by atoms with van der Waals surface area (Å²) < 4.78 is 56.7. The Hall–Kier alpha value is -7.06. The Balaban J connectivity index is 0.000000179. The molecule has 4 aliphatic rings. The van der Waals surface area contributed by atoms with Gasteiger partial charge in [0.25, 0.3) is 20.0 Å². The second kappa shape index (κ2) is 17.3. The first-order valence-electron chi connectivity index (χ1n) is 20.6. The van der Waals surface area contributed by atoms with Crippen LogP contribution in [0.4, 0.5) is 0 Å². The normalized spacial score (nSPS) is 19.8. The molecule has 67 heavy (non-hydrogen) atoms. The minimum atomic E-state index is -4.20. The molecule has 21 heteroatoms. The van der Waals surface area contributed by atoms with Gasteiger partial charge in [0.05, 0.1) is 33.7 Å². The van der Waals surface area contributed by atoms with Gasteiger partial charge in [0.15, 0.2) is 11.7 Å². The molecular weight excluding hydrogens is 948 g/mol. The molecule has 4 aliphatic heterocycles. The fraction of sp³-hybridized carbons (Fsp3) is 0.217. The van der Waals surface area contributed by atoms with E-state index in [0.717, 1.165) is 31.1 Å². The van der Waals surface area contributed by atoms with Crippen molar-refractivity contribution in [3.05, 3.63) is 132 Å². The molecule has 4 aromatic carbocycles. The van der Waals surface area contributed by atoms with Crippen molar-refractivity contribution in [3.63, 3.8) is 0 Å². The van der Waals surface area contributed by atoms with Gasteiger partial charge < -0.3 is 10.2 Å². The van der Waals surface area contributed by atoms with Gasteiger partial charge in [-0.15, -0.1) is 8.83 Å². The molecule has 6 heterocycles. The van der Waals surface area contributed by atoms with Gasteiger partial charge in [-0.25, -0.2) is 10.0 Å². The summed E-state index contributed by atoms with van der Waals surface area (Å²) in [5, 5.41) is 41.0. The van der Waals surface area contributed by atoms with Crippen molar-refractivity contribution < 1.29 is 53.7 Å². The summed E-state index contributed by atoms with van der Waals surface area (Å²) in [5.41, 5.74) is 5.24. The zero-order valence-corrected chi connectivity index (χ0v) is 39.2. The molecule has 18 nitrogen and oxygen atoms in total. The number of hydrogen-bond acceptors (Lipinski definition) is 14. The van der Waals surface area contributed by atoms with Crippen molar-refractivity contribution in [1.29, 1.82) is 0 Å². The van der Waals surface area contributed by atoms with Gasteiger partial charge in [0.1, 0.15) is 22.5 Å². The summed E-state index contributed by atoms with van der Waals surface area (Å²) in [7, 11) is -8.41. The summed E-state index contributed by atoms with van der Waals surface area (Å²) in [6, 6.07) is 26.0. The number of pyridine rings is 2. The predicted octanol–water partition coefficient (Wildman–Crippen LogP) is 6.32. The zero-order chi connectivity index (χ0) is 47.0. The van der Waals surface area contributed by atoms with Gasteiger partial charge in [0, 0.05) is 65.5 Å². The van der Waals surface area contributed by atoms with E-state index in [1.54, 1.807) is 38.1 Å². The van der Waals surface area contributed by atoms with Crippen molar-refractivity contribution >= 4 is 76.8 Å². The number of carbonyl (C=O) groups is 2. The number of amides is 2. The standard InChI is InChI=1S/2C23H21N5O4S.Cu/c2*1-13-6-8-16(9-7-13)22-20-14(2)25-28(23(20)26-27(22)15(3)29)33(31,32)19-11-10-18(30)21-17(19)5-4-12-24-21;/h2*4-12,20,22,30H,1-3H3;. The van der Waals surface area contributed by atoms with E-state index >= 15 is 0 Å². The van der Waals surface area contributed by atoms with Crippen LogP contribution in [0.2, 0.25) is 0 Å². The fourth-order valence-electron chi connectivity index (χ4n) is 8.67. The predicted molar refractivity (Wildman–Crippen MR) is 246 cm³/mol. The van der Waals surface area contributed by atoms with E-state index < -0.39 is 44.0 Å². The average Bonchev–Trinajstić information content (AvgIpc) is 4.05. The van der Waals surface area contributed by atoms with Gasteiger partial charge in [-0.1, -0.05) is 59.7 Å². The van der Waals surface area contributed by atoms with Gasteiger partial charge in [-0.05, 0) is 87.4 Å². The molecule has 347 valence electrons. The fourth-order valence-corrected chi connectivity index (χ4v) is 11.7. The number of hydrogen-bond donors (Lipinski definition) is 2. The van der Waals surface area contributed by atoms with E-state index in [-0.39, 0.29) is 83.7 Å². The number of benzene rings is 4. The van der Waals surface area contributed by atoms with Crippen LogP contribution in [0.5, 0.6) is 11.5 Å². The van der Waals surface area contributed by atoms with Crippen LogP contribution in [0.1, 0.15) is 62.0 Å². The molecule has 6 aromatic rings. The molecule has 0 saturated carbocycles. The number of hydrazone groups is 4. The number of aryl methyl sites for hydroxylation is 2. The molecule has 0 bridgehead atoms. The van der Waals surface area contributed by atoms with Gasteiger partial charge in [-0.3, -0.25) is 19.6 Å². The second-order valence-electron chi connectivity index (χ2n) is 16.3. The molecule has 2 N–H and O–H groups in total. The molecule has 0 aliphatic carbocycles. The molecule has 0 spiro atoms. The molecule has 0 fully saturated rings. The third kappa shape index (κ3) is 7.76. The average molecular weight is 991 g/mol. The Kier molecular flexibility index (Phi) is 12.0. The Morgan fingerprint density at radius 3 is 1.22 bits per heavy atom. The van der Waals surface area contributed by atoms with Crippen LogP contribution < -0.4 is 0 Å². The Morgan fingerprint density at radius 1 is 0.522 bits per heavy atom. The molecule has 1 radical (unpaired) electrons. The summed E-state index contributed by atoms with van der Waals surface area (Å²) in [6.45, 7) is 10.2. The van der Waals surface area contributed by atoms with E-state index in [1.807, 2.05) is 62.4 Å². The summed E-state index contributed by atoms with van der Waals surface area (Å²) in [6.07, 6.45) is 2.95. The quantitative estimate of drug-likeness (QED) is 0.176. The number of nitrogens with zero attached hydrogens (tertiary/aromatic N) is 10. The van der Waals surface area contributed by atoms with Gasteiger partial charge in [-0.2, -0.15) is 37.2 Å². The minimum Gasteiger partial charge on any atom is -0.506 e. The Morgan fingerprint density at radius 2 is 0.881 bits per heavy atom. The van der Waals surface area contributed by atoms with Crippen LogP contribution in [0, 0.1) is 25.7 Å². The third-order valence-corrected chi connectivity index (χ3v) is 15.1.